The molecule has 0 fully saturated rings. The molecular weight excluding hydrogens is 488 g/mol. The summed E-state index contributed by atoms with van der Waals surface area (Å²) in [4.78, 5) is 12.3. The highest BCUT2D eigenvalue weighted by molar-refractivity contribution is 14.1. The van der Waals surface area contributed by atoms with Gasteiger partial charge in [0.15, 0.2) is 17.0 Å². The highest BCUT2D eigenvalue weighted by Gasteiger charge is 2.31. The molecule has 29 heavy (non-hydrogen) atoms. The average Bonchev–Trinajstić information content (AvgIpc) is 3.33. The van der Waals surface area contributed by atoms with Crippen LogP contribution in [0.4, 0.5) is 10.2 Å². The molecule has 1 atom stereocenters. The van der Waals surface area contributed by atoms with Gasteiger partial charge in [0.25, 0.3) is 0 Å². The van der Waals surface area contributed by atoms with Crippen LogP contribution < -0.4 is 5.73 Å². The number of hydrogen-bond donors (Lipinski definition) is 1. The number of nitrogens with zero attached hydrogens (tertiary/aromatic N) is 4. The smallest absolute Gasteiger partial charge is 0.312 e. The molecule has 0 aliphatic carbocycles. The maximum atomic E-state index is 13.9. The van der Waals surface area contributed by atoms with Crippen LogP contribution in [0.3, 0.4) is 0 Å². The van der Waals surface area contributed by atoms with Crippen LogP contribution >= 0.6 is 22.6 Å². The summed E-state index contributed by atoms with van der Waals surface area (Å²) < 4.78 is 27.8. The Balaban J connectivity index is 1.95. The number of hydrogen-bond acceptors (Lipinski definition) is 6. The molecule has 1 aliphatic heterocycles. The lowest BCUT2D eigenvalue weighted by Gasteiger charge is -2.20. The van der Waals surface area contributed by atoms with Gasteiger partial charge in [-0.15, -0.1) is 12.3 Å². The van der Waals surface area contributed by atoms with Gasteiger partial charge in [-0.25, -0.2) is 4.98 Å². The molecule has 0 spiro atoms. The molecule has 7 nitrogen and oxygen atoms in total. The number of anilines is 1. The minimum Gasteiger partial charge on any atom is -0.462 e. The fraction of sp³-hybridized carbons (Fsp3) is 0.250. The van der Waals surface area contributed by atoms with Crippen molar-refractivity contribution in [1.82, 2.24) is 19.5 Å². The number of terminal acetylenes is 1. The number of ether oxygens (including phenoxy) is 2. The fourth-order valence-corrected chi connectivity index (χ4v) is 4.02. The summed E-state index contributed by atoms with van der Waals surface area (Å²) in [6, 6.07) is 7.89. The molecule has 1 aromatic carbocycles. The van der Waals surface area contributed by atoms with E-state index in [1.807, 2.05) is 28.8 Å². The number of nitrogens with two attached hydrogens (primary N) is 1. The van der Waals surface area contributed by atoms with Crippen molar-refractivity contribution in [3.63, 3.8) is 0 Å². The third-order valence-electron chi connectivity index (χ3n) is 4.58. The zero-order valence-electron chi connectivity index (χ0n) is 15.3. The summed E-state index contributed by atoms with van der Waals surface area (Å²) in [7, 11) is 0. The molecular formula is C20H17FIN5O2. The van der Waals surface area contributed by atoms with E-state index < -0.39 is 6.08 Å². The number of rotatable bonds is 6. The Kier molecular flexibility index (Phi) is 5.53. The number of halogens is 2. The molecule has 3 aromatic rings. The van der Waals surface area contributed by atoms with E-state index in [1.54, 1.807) is 6.26 Å². The summed E-state index contributed by atoms with van der Waals surface area (Å²) in [5.74, 6) is 3.45. The van der Waals surface area contributed by atoms with E-state index in [0.717, 1.165) is 9.13 Å². The number of unbranched alkanes of at least 4 members (excludes halogenated alkanes) is 1. The topological polar surface area (TPSA) is 88.1 Å². The Bertz CT molecular complexity index is 1140. The highest BCUT2D eigenvalue weighted by Crippen LogP contribution is 2.38. The van der Waals surface area contributed by atoms with Crippen LogP contribution in [0.2, 0.25) is 0 Å². The lowest BCUT2D eigenvalue weighted by Crippen LogP contribution is -2.15. The second kappa shape index (κ2) is 8.24. The maximum absolute atomic E-state index is 13.9. The number of fused-ring (bicyclic) bond motifs is 1. The van der Waals surface area contributed by atoms with Gasteiger partial charge in [-0.1, -0.05) is 18.2 Å². The van der Waals surface area contributed by atoms with Gasteiger partial charge in [-0.05, 0) is 40.6 Å². The van der Waals surface area contributed by atoms with Crippen molar-refractivity contribution in [1.29, 1.82) is 0 Å². The highest BCUT2D eigenvalue weighted by atomic mass is 127. The first kappa shape index (κ1) is 19.4. The number of imidazole rings is 1. The maximum Gasteiger partial charge on any atom is 0.312 e. The summed E-state index contributed by atoms with van der Waals surface area (Å²) in [5, 5.41) is 0. The summed E-state index contributed by atoms with van der Waals surface area (Å²) in [6.07, 6.45) is 7.33. The molecule has 1 aliphatic rings. The largest absolute Gasteiger partial charge is 0.462 e. The fourth-order valence-electron chi connectivity index (χ4n) is 3.32. The van der Waals surface area contributed by atoms with Crippen molar-refractivity contribution in [2.75, 3.05) is 12.5 Å². The molecule has 4 rings (SSSR count). The van der Waals surface area contributed by atoms with Crippen LogP contribution in [0.1, 0.15) is 30.1 Å². The monoisotopic (exact) mass is 505 g/mol. The lowest BCUT2D eigenvalue weighted by molar-refractivity contribution is 0.0764. The third-order valence-corrected chi connectivity index (χ3v) is 5.56. The molecule has 2 aromatic heterocycles. The molecule has 2 N–H and O–H groups in total. The first-order valence-electron chi connectivity index (χ1n) is 8.91. The molecule has 1 unspecified atom stereocenters. The predicted octanol–water partition coefficient (Wildman–Crippen LogP) is 3.54. The van der Waals surface area contributed by atoms with Gasteiger partial charge in [0.05, 0.1) is 0 Å². The van der Waals surface area contributed by atoms with Crippen molar-refractivity contribution in [2.45, 2.75) is 25.3 Å². The number of allylic oxidation sites excluding steroid dienone is 1. The average molecular weight is 505 g/mol. The Hall–Kier alpha value is -2.87. The predicted molar refractivity (Wildman–Crippen MR) is 114 cm³/mol. The van der Waals surface area contributed by atoms with Crippen molar-refractivity contribution in [3.05, 3.63) is 57.3 Å². The van der Waals surface area contributed by atoms with Crippen LogP contribution in [0.5, 0.6) is 0 Å². The lowest BCUT2D eigenvalue weighted by atomic mass is 9.96. The van der Waals surface area contributed by atoms with Crippen molar-refractivity contribution >= 4 is 39.6 Å². The Morgan fingerprint density at radius 1 is 1.31 bits per heavy atom. The minimum absolute atomic E-state index is 0.0106. The quantitative estimate of drug-likeness (QED) is 0.239. The number of nitrogen functional groups attached to an aromatic ring is 1. The van der Waals surface area contributed by atoms with Gasteiger partial charge in [-0.2, -0.15) is 14.4 Å². The molecule has 0 saturated carbocycles. The molecule has 0 radical (unpaired) electrons. The van der Waals surface area contributed by atoms with Gasteiger partial charge < -0.3 is 19.8 Å². The molecule has 9 heteroatoms. The number of aryl methyl sites for hydroxylation is 1. The van der Waals surface area contributed by atoms with Crippen molar-refractivity contribution < 1.29 is 13.9 Å². The van der Waals surface area contributed by atoms with Gasteiger partial charge in [-0.3, -0.25) is 0 Å². The van der Waals surface area contributed by atoms with E-state index in [0.29, 0.717) is 42.1 Å². The van der Waals surface area contributed by atoms with E-state index in [2.05, 4.69) is 38.5 Å². The van der Waals surface area contributed by atoms with Crippen LogP contribution in [0, 0.1) is 22.0 Å². The van der Waals surface area contributed by atoms with E-state index >= 15 is 0 Å². The molecule has 0 amide bonds. The van der Waals surface area contributed by atoms with Gasteiger partial charge in [0.1, 0.15) is 23.8 Å². The number of aromatic nitrogens is 4. The summed E-state index contributed by atoms with van der Waals surface area (Å²) in [5.41, 5.74) is 7.60. The molecule has 0 saturated heterocycles. The van der Waals surface area contributed by atoms with Crippen LogP contribution in [-0.2, 0) is 16.0 Å². The second-order valence-electron chi connectivity index (χ2n) is 6.38. The van der Waals surface area contributed by atoms with Crippen LogP contribution in [0.15, 0.2) is 36.3 Å². The number of benzene rings is 1. The van der Waals surface area contributed by atoms with Crippen LogP contribution in [-0.4, -0.2) is 26.3 Å². The first-order valence-corrected chi connectivity index (χ1v) is 9.99. The van der Waals surface area contributed by atoms with Crippen LogP contribution in [0.25, 0.3) is 11.2 Å². The second-order valence-corrected chi connectivity index (χ2v) is 7.55. The van der Waals surface area contributed by atoms with E-state index in [-0.39, 0.29) is 18.5 Å². The van der Waals surface area contributed by atoms with Crippen molar-refractivity contribution in [2.24, 2.45) is 0 Å². The summed E-state index contributed by atoms with van der Waals surface area (Å²) in [6.45, 7) is 0.628. The molecule has 3 heterocycles. The normalized spacial score (nSPS) is 14.2. The van der Waals surface area contributed by atoms with Gasteiger partial charge in [0, 0.05) is 16.5 Å². The van der Waals surface area contributed by atoms with E-state index in [4.69, 9.17) is 26.6 Å². The Morgan fingerprint density at radius 3 is 2.86 bits per heavy atom. The molecule has 0 bridgehead atoms. The third kappa shape index (κ3) is 3.72. The first-order chi connectivity index (χ1) is 14.1. The van der Waals surface area contributed by atoms with E-state index in [9.17, 15) is 4.39 Å². The Labute approximate surface area is 180 Å². The van der Waals surface area contributed by atoms with Crippen molar-refractivity contribution in [3.8, 4) is 12.3 Å². The van der Waals surface area contributed by atoms with Gasteiger partial charge >= 0.3 is 6.08 Å². The minimum atomic E-state index is -0.898. The molecule has 148 valence electrons. The summed E-state index contributed by atoms with van der Waals surface area (Å²) >= 11 is 2.27. The van der Waals surface area contributed by atoms with E-state index in [1.165, 1.54) is 0 Å². The zero-order valence-corrected chi connectivity index (χ0v) is 17.5. The standard InChI is InChI=1S/C20H17FIN5O2/c1-2-3-6-9-27-18(24-16-17(23)25-20(21)26-19(16)27)15(14-10-28-11-29-14)12-7-4-5-8-13(12)22/h1,4-5,7-8,10,15H,3,6,9,11H2,(H2,23,25,26). The van der Waals surface area contributed by atoms with Gasteiger partial charge in [0.2, 0.25) is 6.79 Å². The SMILES string of the molecule is C#CCCCn1c(C(C2=COCO2)c2ccccc2I)nc2c(N)nc(F)nc21. The Morgan fingerprint density at radius 2 is 2.14 bits per heavy atom. The zero-order chi connectivity index (χ0) is 20.4.